The van der Waals surface area contributed by atoms with Crippen LogP contribution >= 0.6 is 0 Å². The summed E-state index contributed by atoms with van der Waals surface area (Å²) in [5.41, 5.74) is 3.32. The first-order valence-electron chi connectivity index (χ1n) is 9.40. The third-order valence-electron chi connectivity index (χ3n) is 5.13. The summed E-state index contributed by atoms with van der Waals surface area (Å²) in [5.74, 6) is 1.53. The molecule has 3 rings (SSSR count). The number of piperazine rings is 1. The van der Waals surface area contributed by atoms with E-state index in [9.17, 15) is 4.79 Å². The van der Waals surface area contributed by atoms with Crippen LogP contribution in [0.1, 0.15) is 37.3 Å². The monoisotopic (exact) mass is 352 g/mol. The van der Waals surface area contributed by atoms with Crippen molar-refractivity contribution in [3.8, 4) is 0 Å². The first kappa shape index (κ1) is 18.2. The van der Waals surface area contributed by atoms with Gasteiger partial charge < -0.3 is 15.1 Å². The summed E-state index contributed by atoms with van der Waals surface area (Å²) >= 11 is 0. The lowest BCUT2D eigenvalue weighted by Crippen LogP contribution is -2.50. The van der Waals surface area contributed by atoms with Gasteiger partial charge in [0, 0.05) is 38.1 Å². The molecule has 5 heteroatoms. The number of carbonyl (C=O) groups excluding carboxylic acids is 1. The van der Waals surface area contributed by atoms with Crippen molar-refractivity contribution in [2.45, 2.75) is 33.1 Å². The zero-order valence-electron chi connectivity index (χ0n) is 15.9. The molecule has 0 saturated carbocycles. The Morgan fingerprint density at radius 2 is 1.81 bits per heavy atom. The Labute approximate surface area is 156 Å². The molecular formula is C21H28N4O. The molecule has 0 spiro atoms. The van der Waals surface area contributed by atoms with E-state index in [1.807, 2.05) is 36.2 Å². The molecule has 1 N–H and O–H groups in total. The van der Waals surface area contributed by atoms with Crippen molar-refractivity contribution in [3.63, 3.8) is 0 Å². The maximum Gasteiger partial charge on any atom is 0.321 e. The molecule has 2 heterocycles. The summed E-state index contributed by atoms with van der Waals surface area (Å²) < 4.78 is 0. The minimum Gasteiger partial charge on any atom is -0.353 e. The molecule has 1 aromatic heterocycles. The first-order chi connectivity index (χ1) is 12.6. The number of pyridine rings is 1. The number of aromatic nitrogens is 1. The Kier molecular flexibility index (Phi) is 5.76. The van der Waals surface area contributed by atoms with Gasteiger partial charge in [-0.1, -0.05) is 32.0 Å². The lowest BCUT2D eigenvalue weighted by Gasteiger charge is -2.35. The predicted octanol–water partition coefficient (Wildman–Crippen LogP) is 4.26. The lowest BCUT2D eigenvalue weighted by atomic mass is 9.99. The van der Waals surface area contributed by atoms with Gasteiger partial charge in [0.2, 0.25) is 0 Å². The van der Waals surface area contributed by atoms with Crippen molar-refractivity contribution >= 4 is 17.5 Å². The van der Waals surface area contributed by atoms with Crippen LogP contribution in [-0.2, 0) is 0 Å². The van der Waals surface area contributed by atoms with Gasteiger partial charge in [0.25, 0.3) is 0 Å². The molecule has 0 bridgehead atoms. The van der Waals surface area contributed by atoms with Gasteiger partial charge in [0.1, 0.15) is 5.82 Å². The van der Waals surface area contributed by atoms with E-state index >= 15 is 0 Å². The highest BCUT2D eigenvalue weighted by Crippen LogP contribution is 2.21. The highest BCUT2D eigenvalue weighted by Gasteiger charge is 2.21. The SMILES string of the molecule is CCC(C)c1ccc(NC(=O)N2CCN(c3ccc(C)cn3)CC2)cc1. The van der Waals surface area contributed by atoms with E-state index in [0.29, 0.717) is 19.0 Å². The Balaban J connectivity index is 1.52. The molecule has 0 aliphatic carbocycles. The second-order valence-corrected chi connectivity index (χ2v) is 7.03. The van der Waals surface area contributed by atoms with Crippen molar-refractivity contribution in [1.29, 1.82) is 0 Å². The van der Waals surface area contributed by atoms with Crippen molar-refractivity contribution in [2.24, 2.45) is 0 Å². The van der Waals surface area contributed by atoms with Crippen LogP contribution in [0.5, 0.6) is 0 Å². The van der Waals surface area contributed by atoms with E-state index in [2.05, 4.69) is 47.2 Å². The van der Waals surface area contributed by atoms with Crippen molar-refractivity contribution in [3.05, 3.63) is 53.7 Å². The van der Waals surface area contributed by atoms with E-state index in [-0.39, 0.29) is 6.03 Å². The van der Waals surface area contributed by atoms with Crippen LogP contribution in [-0.4, -0.2) is 42.1 Å². The van der Waals surface area contributed by atoms with Crippen LogP contribution in [0.3, 0.4) is 0 Å². The number of nitrogens with one attached hydrogen (secondary N) is 1. The zero-order valence-corrected chi connectivity index (χ0v) is 15.9. The maximum atomic E-state index is 12.5. The van der Waals surface area contributed by atoms with Crippen LogP contribution in [0, 0.1) is 6.92 Å². The number of urea groups is 1. The standard InChI is InChI=1S/C21H28N4O/c1-4-17(3)18-6-8-19(9-7-18)23-21(26)25-13-11-24(12-14-25)20-10-5-16(2)15-22-20/h5-10,15,17H,4,11-14H2,1-3H3,(H,23,26). The van der Waals surface area contributed by atoms with Gasteiger partial charge >= 0.3 is 6.03 Å². The van der Waals surface area contributed by atoms with E-state index in [1.54, 1.807) is 0 Å². The molecule has 0 radical (unpaired) electrons. The molecule has 1 aliphatic heterocycles. The van der Waals surface area contributed by atoms with Gasteiger partial charge in [0.05, 0.1) is 0 Å². The number of hydrogen-bond donors (Lipinski definition) is 1. The minimum absolute atomic E-state index is 0.0298. The van der Waals surface area contributed by atoms with Gasteiger partial charge in [-0.3, -0.25) is 0 Å². The normalized spacial score (nSPS) is 15.7. The van der Waals surface area contributed by atoms with Crippen molar-refractivity contribution in [2.75, 3.05) is 36.4 Å². The smallest absolute Gasteiger partial charge is 0.321 e. The maximum absolute atomic E-state index is 12.5. The van der Waals surface area contributed by atoms with Crippen LogP contribution in [0.25, 0.3) is 0 Å². The van der Waals surface area contributed by atoms with Crippen molar-refractivity contribution < 1.29 is 4.79 Å². The Hall–Kier alpha value is -2.56. The van der Waals surface area contributed by atoms with E-state index < -0.39 is 0 Å². The van der Waals surface area contributed by atoms with Gasteiger partial charge in [-0.25, -0.2) is 9.78 Å². The number of aryl methyl sites for hydroxylation is 1. The number of carbonyl (C=O) groups is 1. The van der Waals surface area contributed by atoms with Gasteiger partial charge in [-0.15, -0.1) is 0 Å². The molecule has 2 amide bonds. The molecule has 5 nitrogen and oxygen atoms in total. The fourth-order valence-electron chi connectivity index (χ4n) is 3.12. The molecule has 26 heavy (non-hydrogen) atoms. The number of benzene rings is 1. The third kappa shape index (κ3) is 4.34. The Morgan fingerprint density at radius 3 is 2.38 bits per heavy atom. The molecule has 1 atom stereocenters. The number of hydrogen-bond acceptors (Lipinski definition) is 3. The van der Waals surface area contributed by atoms with Gasteiger partial charge in [-0.2, -0.15) is 0 Å². The summed E-state index contributed by atoms with van der Waals surface area (Å²) in [4.78, 5) is 21.1. The van der Waals surface area contributed by atoms with Gasteiger partial charge in [-0.05, 0) is 48.6 Å². The van der Waals surface area contributed by atoms with E-state index in [0.717, 1.165) is 36.6 Å². The quantitative estimate of drug-likeness (QED) is 0.894. The summed E-state index contributed by atoms with van der Waals surface area (Å²) in [5, 5.41) is 3.01. The molecule has 1 unspecified atom stereocenters. The van der Waals surface area contributed by atoms with Crippen LogP contribution in [0.15, 0.2) is 42.6 Å². The molecule has 1 saturated heterocycles. The number of anilines is 2. The fraction of sp³-hybridized carbons (Fsp3) is 0.429. The second kappa shape index (κ2) is 8.21. The number of nitrogens with zero attached hydrogens (tertiary/aromatic N) is 3. The van der Waals surface area contributed by atoms with Crippen LogP contribution in [0.2, 0.25) is 0 Å². The molecule has 2 aromatic rings. The highest BCUT2D eigenvalue weighted by molar-refractivity contribution is 5.89. The molecule has 1 aromatic carbocycles. The number of amides is 2. The summed E-state index contributed by atoms with van der Waals surface area (Å²) in [7, 11) is 0. The second-order valence-electron chi connectivity index (χ2n) is 7.03. The lowest BCUT2D eigenvalue weighted by molar-refractivity contribution is 0.208. The average molecular weight is 352 g/mol. The first-order valence-corrected chi connectivity index (χ1v) is 9.40. The Bertz CT molecular complexity index is 719. The predicted molar refractivity (Wildman–Crippen MR) is 107 cm³/mol. The molecular weight excluding hydrogens is 324 g/mol. The average Bonchev–Trinajstić information content (AvgIpc) is 2.68. The highest BCUT2D eigenvalue weighted by atomic mass is 16.2. The topological polar surface area (TPSA) is 48.5 Å². The number of rotatable bonds is 4. The van der Waals surface area contributed by atoms with Crippen LogP contribution in [0.4, 0.5) is 16.3 Å². The molecule has 1 fully saturated rings. The molecule has 1 aliphatic rings. The zero-order chi connectivity index (χ0) is 18.5. The summed E-state index contributed by atoms with van der Waals surface area (Å²) in [6.07, 6.45) is 3.00. The minimum atomic E-state index is -0.0298. The summed E-state index contributed by atoms with van der Waals surface area (Å²) in [6, 6.07) is 12.3. The van der Waals surface area contributed by atoms with E-state index in [1.165, 1.54) is 5.56 Å². The van der Waals surface area contributed by atoms with Crippen LogP contribution < -0.4 is 10.2 Å². The Morgan fingerprint density at radius 1 is 1.12 bits per heavy atom. The fourth-order valence-corrected chi connectivity index (χ4v) is 3.12. The molecule has 138 valence electrons. The largest absolute Gasteiger partial charge is 0.353 e. The summed E-state index contributed by atoms with van der Waals surface area (Å²) in [6.45, 7) is 9.45. The van der Waals surface area contributed by atoms with Gasteiger partial charge in [0.15, 0.2) is 0 Å². The van der Waals surface area contributed by atoms with E-state index in [4.69, 9.17) is 0 Å². The van der Waals surface area contributed by atoms with Crippen molar-refractivity contribution in [1.82, 2.24) is 9.88 Å². The third-order valence-corrected chi connectivity index (χ3v) is 5.13.